The molecule has 0 aliphatic heterocycles. The maximum absolute atomic E-state index is 11.5. The van der Waals surface area contributed by atoms with Gasteiger partial charge in [-0.3, -0.25) is 4.79 Å². The molecule has 1 aromatic heterocycles. The van der Waals surface area contributed by atoms with Crippen LogP contribution in [-0.4, -0.2) is 26.9 Å². The number of halogens is 1. The monoisotopic (exact) mass is 377 g/mol. The fourth-order valence-corrected chi connectivity index (χ4v) is 3.11. The molecule has 0 aliphatic rings. The number of carboxylic acids is 1. The molecule has 1 atom stereocenters. The van der Waals surface area contributed by atoms with Crippen LogP contribution in [0.2, 0.25) is 5.02 Å². The number of rotatable bonds is 8. The molecule has 0 spiro atoms. The van der Waals surface area contributed by atoms with Crippen molar-refractivity contribution in [2.45, 2.75) is 65.0 Å². The average molecular weight is 378 g/mol. The second kappa shape index (κ2) is 8.69. The highest BCUT2D eigenvalue weighted by Crippen LogP contribution is 2.27. The molecule has 1 heterocycles. The van der Waals surface area contributed by atoms with Crippen molar-refractivity contribution in [3.8, 4) is 5.69 Å². The Morgan fingerprint density at radius 2 is 2.04 bits per heavy atom. The van der Waals surface area contributed by atoms with Gasteiger partial charge in [-0.1, -0.05) is 64.3 Å². The summed E-state index contributed by atoms with van der Waals surface area (Å²) in [7, 11) is 0. The molecule has 0 aliphatic carbocycles. The predicted octanol–water partition coefficient (Wildman–Crippen LogP) is 4.56. The zero-order valence-corrected chi connectivity index (χ0v) is 16.7. The van der Waals surface area contributed by atoms with Gasteiger partial charge < -0.3 is 10.4 Å². The van der Waals surface area contributed by atoms with Crippen LogP contribution in [0, 0.1) is 0 Å². The number of hydrogen-bond donors (Lipinski definition) is 2. The summed E-state index contributed by atoms with van der Waals surface area (Å²) in [5, 5.41) is 18.0. The molecular formula is C20H28ClN3O2. The van der Waals surface area contributed by atoms with Gasteiger partial charge in [0.2, 0.25) is 0 Å². The Labute approximate surface area is 160 Å². The molecule has 0 amide bonds. The van der Waals surface area contributed by atoms with Crippen LogP contribution >= 0.6 is 11.6 Å². The number of hydrogen-bond acceptors (Lipinski definition) is 3. The zero-order valence-electron chi connectivity index (χ0n) is 15.9. The number of aliphatic carboxylic acids is 1. The van der Waals surface area contributed by atoms with Gasteiger partial charge in [0.15, 0.2) is 0 Å². The molecule has 2 N–H and O–H groups in total. The van der Waals surface area contributed by atoms with Crippen molar-refractivity contribution in [2.75, 3.05) is 0 Å². The normalized spacial score (nSPS) is 13.0. The van der Waals surface area contributed by atoms with E-state index in [9.17, 15) is 9.90 Å². The summed E-state index contributed by atoms with van der Waals surface area (Å²) in [6, 6.07) is 7.00. The van der Waals surface area contributed by atoms with Crippen LogP contribution in [0.15, 0.2) is 30.5 Å². The first kappa shape index (κ1) is 20.5. The summed E-state index contributed by atoms with van der Waals surface area (Å²) >= 11 is 6.31. The Morgan fingerprint density at radius 3 is 2.62 bits per heavy atom. The quantitative estimate of drug-likeness (QED) is 0.707. The third-order valence-corrected chi connectivity index (χ3v) is 4.60. The van der Waals surface area contributed by atoms with E-state index in [1.807, 2.05) is 30.5 Å². The Bertz CT molecular complexity index is 750. The molecule has 0 saturated heterocycles. The number of nitrogens with one attached hydrogen (secondary N) is 1. The van der Waals surface area contributed by atoms with Crippen molar-refractivity contribution >= 4 is 17.6 Å². The van der Waals surface area contributed by atoms with Crippen molar-refractivity contribution < 1.29 is 9.90 Å². The number of para-hydroxylation sites is 1. The van der Waals surface area contributed by atoms with E-state index in [-0.39, 0.29) is 5.41 Å². The van der Waals surface area contributed by atoms with Crippen LogP contribution in [0.4, 0.5) is 0 Å². The molecule has 0 saturated carbocycles. The summed E-state index contributed by atoms with van der Waals surface area (Å²) in [6.07, 6.45) is 4.42. The smallest absolute Gasteiger partial charge is 0.320 e. The topological polar surface area (TPSA) is 67.2 Å². The molecule has 26 heavy (non-hydrogen) atoms. The molecule has 142 valence electrons. The lowest BCUT2D eigenvalue weighted by atomic mass is 9.89. The number of carboxylic acid groups (broad SMARTS) is 1. The molecular weight excluding hydrogens is 350 g/mol. The summed E-state index contributed by atoms with van der Waals surface area (Å²) in [6.45, 7) is 8.81. The lowest BCUT2D eigenvalue weighted by Crippen LogP contribution is -2.36. The van der Waals surface area contributed by atoms with Gasteiger partial charge >= 0.3 is 5.97 Å². The standard InChI is InChI=1S/C20H28ClN3O2/c1-5-6-10-16(19(25)26)22-12-14-13-24(23-18(14)20(2,3)4)17-11-8-7-9-15(17)21/h7-9,11,13,16,22H,5-6,10,12H2,1-4H3,(H,25,26). The van der Waals surface area contributed by atoms with Crippen LogP contribution in [0.25, 0.3) is 5.69 Å². The lowest BCUT2D eigenvalue weighted by molar-refractivity contribution is -0.139. The molecule has 1 unspecified atom stereocenters. The van der Waals surface area contributed by atoms with E-state index >= 15 is 0 Å². The fourth-order valence-electron chi connectivity index (χ4n) is 2.89. The molecule has 2 rings (SSSR count). The predicted molar refractivity (Wildman–Crippen MR) is 105 cm³/mol. The van der Waals surface area contributed by atoms with Crippen LogP contribution in [0.3, 0.4) is 0 Å². The number of benzene rings is 1. The summed E-state index contributed by atoms with van der Waals surface area (Å²) in [4.78, 5) is 11.5. The Morgan fingerprint density at radius 1 is 1.35 bits per heavy atom. The number of nitrogens with zero attached hydrogens (tertiary/aromatic N) is 2. The van der Waals surface area contributed by atoms with Crippen LogP contribution in [0.5, 0.6) is 0 Å². The van der Waals surface area contributed by atoms with E-state index in [1.54, 1.807) is 4.68 Å². The summed E-state index contributed by atoms with van der Waals surface area (Å²) < 4.78 is 1.78. The van der Waals surface area contributed by atoms with E-state index in [2.05, 4.69) is 33.0 Å². The van der Waals surface area contributed by atoms with Gasteiger partial charge in [0.1, 0.15) is 6.04 Å². The molecule has 2 aromatic rings. The number of carbonyl (C=O) groups is 1. The third-order valence-electron chi connectivity index (χ3n) is 4.28. The van der Waals surface area contributed by atoms with Crippen LogP contribution < -0.4 is 5.32 Å². The SMILES string of the molecule is CCCCC(NCc1cn(-c2ccccc2Cl)nc1C(C)(C)C)C(=O)O. The van der Waals surface area contributed by atoms with E-state index in [0.717, 1.165) is 29.8 Å². The first-order valence-corrected chi connectivity index (χ1v) is 9.42. The number of unbranched alkanes of at least 4 members (excludes halogenated alkanes) is 1. The Balaban J connectivity index is 2.29. The highest BCUT2D eigenvalue weighted by Gasteiger charge is 2.24. The van der Waals surface area contributed by atoms with E-state index < -0.39 is 12.0 Å². The Hall–Kier alpha value is -1.85. The van der Waals surface area contributed by atoms with Gasteiger partial charge in [-0.05, 0) is 18.6 Å². The minimum Gasteiger partial charge on any atom is -0.480 e. The first-order valence-electron chi connectivity index (χ1n) is 9.04. The second-order valence-electron chi connectivity index (χ2n) is 7.56. The van der Waals surface area contributed by atoms with E-state index in [0.29, 0.717) is 18.0 Å². The van der Waals surface area contributed by atoms with Crippen molar-refractivity contribution in [3.05, 3.63) is 46.7 Å². The van der Waals surface area contributed by atoms with Crippen molar-refractivity contribution in [1.29, 1.82) is 0 Å². The highest BCUT2D eigenvalue weighted by atomic mass is 35.5. The van der Waals surface area contributed by atoms with Crippen LogP contribution in [0.1, 0.15) is 58.2 Å². The molecule has 6 heteroatoms. The van der Waals surface area contributed by atoms with E-state index in [4.69, 9.17) is 16.7 Å². The minimum atomic E-state index is -0.811. The average Bonchev–Trinajstić information content (AvgIpc) is 2.99. The maximum atomic E-state index is 11.5. The Kier molecular flexibility index (Phi) is 6.84. The van der Waals surface area contributed by atoms with Gasteiger partial charge in [0, 0.05) is 23.7 Å². The highest BCUT2D eigenvalue weighted by molar-refractivity contribution is 6.32. The largest absolute Gasteiger partial charge is 0.480 e. The first-order chi connectivity index (χ1) is 12.2. The summed E-state index contributed by atoms with van der Waals surface area (Å²) in [5.74, 6) is -0.811. The number of aromatic nitrogens is 2. The van der Waals surface area contributed by atoms with Gasteiger partial charge in [0.25, 0.3) is 0 Å². The van der Waals surface area contributed by atoms with Gasteiger partial charge in [-0.2, -0.15) is 5.10 Å². The van der Waals surface area contributed by atoms with Gasteiger partial charge in [-0.25, -0.2) is 4.68 Å². The van der Waals surface area contributed by atoms with Crippen LogP contribution in [-0.2, 0) is 16.8 Å². The molecule has 0 fully saturated rings. The lowest BCUT2D eigenvalue weighted by Gasteiger charge is -2.19. The fraction of sp³-hybridized carbons (Fsp3) is 0.500. The van der Waals surface area contributed by atoms with Gasteiger partial charge in [0.05, 0.1) is 16.4 Å². The summed E-state index contributed by atoms with van der Waals surface area (Å²) in [5.41, 5.74) is 2.57. The zero-order chi connectivity index (χ0) is 19.3. The molecule has 0 radical (unpaired) electrons. The van der Waals surface area contributed by atoms with Crippen molar-refractivity contribution in [3.63, 3.8) is 0 Å². The maximum Gasteiger partial charge on any atom is 0.320 e. The van der Waals surface area contributed by atoms with Gasteiger partial charge in [-0.15, -0.1) is 0 Å². The van der Waals surface area contributed by atoms with Crippen molar-refractivity contribution in [2.24, 2.45) is 0 Å². The molecule has 5 nitrogen and oxygen atoms in total. The minimum absolute atomic E-state index is 0.161. The van der Waals surface area contributed by atoms with Crippen molar-refractivity contribution in [1.82, 2.24) is 15.1 Å². The second-order valence-corrected chi connectivity index (χ2v) is 7.97. The van der Waals surface area contributed by atoms with E-state index in [1.165, 1.54) is 0 Å². The molecule has 1 aromatic carbocycles. The third kappa shape index (κ3) is 5.08. The molecule has 0 bridgehead atoms.